The number of rotatable bonds is 3. The number of carboxylic acids is 1. The Kier molecular flexibility index (Phi) is 2.55. The van der Waals surface area contributed by atoms with E-state index in [1.54, 1.807) is 25.4 Å². The summed E-state index contributed by atoms with van der Waals surface area (Å²) >= 11 is 0. The van der Waals surface area contributed by atoms with Crippen molar-refractivity contribution in [3.8, 4) is 17.1 Å². The molecule has 16 heavy (non-hydrogen) atoms. The van der Waals surface area contributed by atoms with Gasteiger partial charge < -0.3 is 9.84 Å². The van der Waals surface area contributed by atoms with Gasteiger partial charge in [-0.2, -0.15) is 5.10 Å². The number of carbonyl (C=O) groups is 1. The van der Waals surface area contributed by atoms with Gasteiger partial charge in [-0.05, 0) is 12.1 Å². The molecule has 0 fully saturated rings. The molecule has 0 saturated heterocycles. The fourth-order valence-corrected chi connectivity index (χ4v) is 1.22. The van der Waals surface area contributed by atoms with E-state index in [0.717, 1.165) is 0 Å². The van der Waals surface area contributed by atoms with Crippen molar-refractivity contribution in [3.63, 3.8) is 0 Å². The van der Waals surface area contributed by atoms with Crippen LogP contribution in [0.15, 0.2) is 24.4 Å². The fourth-order valence-electron chi connectivity index (χ4n) is 1.22. The molecule has 2 N–H and O–H groups in total. The number of hydrogen-bond acceptors (Lipinski definition) is 4. The first-order chi connectivity index (χ1) is 7.70. The average molecular weight is 219 g/mol. The Hall–Kier alpha value is -2.37. The minimum Gasteiger partial charge on any atom is -0.495 e. The van der Waals surface area contributed by atoms with Crippen molar-refractivity contribution in [2.75, 3.05) is 7.11 Å². The number of H-pyrrole nitrogens is 1. The molecule has 2 aromatic rings. The molecule has 2 heterocycles. The van der Waals surface area contributed by atoms with Crippen molar-refractivity contribution < 1.29 is 14.6 Å². The third-order valence-corrected chi connectivity index (χ3v) is 2.04. The minimum absolute atomic E-state index is 0.0348. The Morgan fingerprint density at radius 3 is 2.75 bits per heavy atom. The van der Waals surface area contributed by atoms with Gasteiger partial charge in [0.15, 0.2) is 0 Å². The first-order valence-corrected chi connectivity index (χ1v) is 4.50. The Bertz CT molecular complexity index is 504. The lowest BCUT2D eigenvalue weighted by molar-refractivity contribution is 0.0690. The first-order valence-electron chi connectivity index (χ1n) is 4.50. The monoisotopic (exact) mass is 219 g/mol. The number of nitrogens with zero attached hydrogens (tertiary/aromatic N) is 2. The van der Waals surface area contributed by atoms with Gasteiger partial charge in [-0.1, -0.05) is 0 Å². The highest BCUT2D eigenvalue weighted by molar-refractivity contribution is 5.86. The molecule has 0 aliphatic carbocycles. The van der Waals surface area contributed by atoms with E-state index in [1.165, 1.54) is 6.07 Å². The summed E-state index contributed by atoms with van der Waals surface area (Å²) in [6, 6.07) is 4.87. The number of aromatic nitrogens is 3. The van der Waals surface area contributed by atoms with Crippen LogP contribution in [0.2, 0.25) is 0 Å². The molecule has 0 saturated carbocycles. The van der Waals surface area contributed by atoms with Gasteiger partial charge in [0.1, 0.15) is 17.1 Å². The number of aromatic carboxylic acids is 1. The summed E-state index contributed by atoms with van der Waals surface area (Å²) in [5, 5.41) is 15.0. The Labute approximate surface area is 90.9 Å². The van der Waals surface area contributed by atoms with Crippen molar-refractivity contribution >= 4 is 5.97 Å². The Morgan fingerprint density at radius 1 is 1.44 bits per heavy atom. The molecular formula is C10H9N3O3. The predicted octanol–water partition coefficient (Wildman–Crippen LogP) is 1.18. The van der Waals surface area contributed by atoms with E-state index in [9.17, 15) is 4.79 Å². The van der Waals surface area contributed by atoms with Crippen LogP contribution in [0.4, 0.5) is 0 Å². The number of pyridine rings is 1. The van der Waals surface area contributed by atoms with Gasteiger partial charge in [-0.15, -0.1) is 0 Å². The topological polar surface area (TPSA) is 88.1 Å². The van der Waals surface area contributed by atoms with E-state index in [4.69, 9.17) is 9.84 Å². The lowest BCUT2D eigenvalue weighted by Crippen LogP contribution is -1.95. The normalized spacial score (nSPS) is 10.1. The molecule has 0 aromatic carbocycles. The second kappa shape index (κ2) is 4.01. The third-order valence-electron chi connectivity index (χ3n) is 2.04. The highest BCUT2D eigenvalue weighted by atomic mass is 16.5. The zero-order valence-corrected chi connectivity index (χ0v) is 8.47. The molecular weight excluding hydrogens is 210 g/mol. The van der Waals surface area contributed by atoms with E-state index >= 15 is 0 Å². The van der Waals surface area contributed by atoms with Crippen LogP contribution in [0, 0.1) is 0 Å². The first kappa shape index (κ1) is 10.2. The smallest absolute Gasteiger partial charge is 0.353 e. The number of ether oxygens (including phenoxy) is 1. The summed E-state index contributed by atoms with van der Waals surface area (Å²) in [7, 11) is 1.55. The Morgan fingerprint density at radius 2 is 2.25 bits per heavy atom. The zero-order chi connectivity index (χ0) is 11.5. The molecule has 0 radical (unpaired) electrons. The van der Waals surface area contributed by atoms with Gasteiger partial charge in [0.25, 0.3) is 0 Å². The quantitative estimate of drug-likeness (QED) is 0.809. The molecule has 0 spiro atoms. The van der Waals surface area contributed by atoms with Gasteiger partial charge in [-0.25, -0.2) is 4.79 Å². The van der Waals surface area contributed by atoms with Gasteiger partial charge in [0, 0.05) is 6.07 Å². The van der Waals surface area contributed by atoms with Gasteiger partial charge in [-0.3, -0.25) is 10.1 Å². The van der Waals surface area contributed by atoms with Crippen LogP contribution in [0.1, 0.15) is 10.5 Å². The number of carboxylic acid groups (broad SMARTS) is 1. The molecule has 0 aliphatic heterocycles. The van der Waals surface area contributed by atoms with Crippen LogP contribution in [0.3, 0.4) is 0 Å². The van der Waals surface area contributed by atoms with E-state index in [2.05, 4.69) is 15.2 Å². The third kappa shape index (κ3) is 1.85. The highest BCUT2D eigenvalue weighted by Gasteiger charge is 2.09. The second-order valence-electron chi connectivity index (χ2n) is 3.06. The molecule has 2 rings (SSSR count). The number of aromatic amines is 1. The van der Waals surface area contributed by atoms with Crippen molar-refractivity contribution in [1.82, 2.24) is 15.2 Å². The fraction of sp³-hybridized carbons (Fsp3) is 0.100. The molecule has 0 atom stereocenters. The van der Waals surface area contributed by atoms with Crippen molar-refractivity contribution in [2.45, 2.75) is 0 Å². The molecule has 0 amide bonds. The maximum atomic E-state index is 10.6. The van der Waals surface area contributed by atoms with Crippen LogP contribution >= 0.6 is 0 Å². The largest absolute Gasteiger partial charge is 0.495 e. The van der Waals surface area contributed by atoms with Crippen LogP contribution < -0.4 is 4.74 Å². The van der Waals surface area contributed by atoms with E-state index in [-0.39, 0.29) is 5.69 Å². The zero-order valence-electron chi connectivity index (χ0n) is 8.47. The molecule has 0 aliphatic rings. The molecule has 2 aromatic heterocycles. The predicted molar refractivity (Wildman–Crippen MR) is 55.3 cm³/mol. The maximum Gasteiger partial charge on any atom is 0.353 e. The standard InChI is InChI=1S/C10H9N3O3/c1-16-6-2-3-7(11-5-6)8-4-9(10(14)15)13-12-8/h2-5H,1H3,(H,12,13)(H,14,15). The van der Waals surface area contributed by atoms with Crippen LogP contribution in [-0.4, -0.2) is 33.4 Å². The summed E-state index contributed by atoms with van der Waals surface area (Å²) in [6.45, 7) is 0. The average Bonchev–Trinajstić information content (AvgIpc) is 2.78. The number of methoxy groups -OCH3 is 1. The van der Waals surface area contributed by atoms with Gasteiger partial charge >= 0.3 is 5.97 Å². The summed E-state index contributed by atoms with van der Waals surface area (Å²) in [6.07, 6.45) is 1.55. The van der Waals surface area contributed by atoms with E-state index in [1.807, 2.05) is 0 Å². The van der Waals surface area contributed by atoms with Crippen molar-refractivity contribution in [1.29, 1.82) is 0 Å². The molecule has 82 valence electrons. The molecule has 0 bridgehead atoms. The number of nitrogens with one attached hydrogen (secondary N) is 1. The van der Waals surface area contributed by atoms with Crippen molar-refractivity contribution in [3.05, 3.63) is 30.1 Å². The molecule has 6 heteroatoms. The van der Waals surface area contributed by atoms with Gasteiger partial charge in [0.2, 0.25) is 0 Å². The molecule has 6 nitrogen and oxygen atoms in total. The Balaban J connectivity index is 2.31. The van der Waals surface area contributed by atoms with Gasteiger partial charge in [0.05, 0.1) is 19.0 Å². The van der Waals surface area contributed by atoms with Crippen LogP contribution in [0.25, 0.3) is 11.4 Å². The highest BCUT2D eigenvalue weighted by Crippen LogP contribution is 2.17. The van der Waals surface area contributed by atoms with E-state index < -0.39 is 5.97 Å². The minimum atomic E-state index is -1.05. The molecule has 0 unspecified atom stereocenters. The SMILES string of the molecule is COc1ccc(-c2cc(C(=O)O)[nH]n2)nc1. The summed E-state index contributed by atoms with van der Waals surface area (Å²) < 4.78 is 4.96. The maximum absolute atomic E-state index is 10.6. The summed E-state index contributed by atoms with van der Waals surface area (Å²) in [4.78, 5) is 14.7. The number of hydrogen-bond donors (Lipinski definition) is 2. The lowest BCUT2D eigenvalue weighted by atomic mass is 10.2. The lowest BCUT2D eigenvalue weighted by Gasteiger charge is -1.98. The summed E-state index contributed by atoms with van der Waals surface area (Å²) in [5.74, 6) is -0.412. The van der Waals surface area contributed by atoms with Crippen molar-refractivity contribution in [2.24, 2.45) is 0 Å². The second-order valence-corrected chi connectivity index (χ2v) is 3.06. The van der Waals surface area contributed by atoms with Crippen LogP contribution in [-0.2, 0) is 0 Å². The summed E-state index contributed by atoms with van der Waals surface area (Å²) in [5.41, 5.74) is 1.11. The van der Waals surface area contributed by atoms with E-state index in [0.29, 0.717) is 17.1 Å². The van der Waals surface area contributed by atoms with Crippen LogP contribution in [0.5, 0.6) is 5.75 Å².